The van der Waals surface area contributed by atoms with E-state index in [2.05, 4.69) is 34.1 Å². The molecule has 8 heteroatoms. The number of fused-ring (bicyclic) bond motifs is 1. The number of hydrogen-bond donors (Lipinski definition) is 4. The number of aromatic nitrogens is 3. The number of unbranched alkanes of at least 4 members (excludes halogenated alkanes) is 1. The van der Waals surface area contributed by atoms with Gasteiger partial charge in [0.05, 0.1) is 5.69 Å². The van der Waals surface area contributed by atoms with Crippen molar-refractivity contribution in [1.82, 2.24) is 19.9 Å². The number of aryl methyl sites for hydroxylation is 1. The molecule has 0 radical (unpaired) electrons. The first-order chi connectivity index (χ1) is 15.4. The number of aliphatic imine (C=N–C) groups is 1. The molecule has 176 valence electrons. The number of nitrogens with zero attached hydrogens (tertiary/aromatic N) is 3. The van der Waals surface area contributed by atoms with Crippen LogP contribution in [0.2, 0.25) is 0 Å². The van der Waals surface area contributed by atoms with E-state index in [9.17, 15) is 4.79 Å². The van der Waals surface area contributed by atoms with E-state index in [1.165, 1.54) is 12.8 Å². The van der Waals surface area contributed by atoms with E-state index < -0.39 is 0 Å². The summed E-state index contributed by atoms with van der Waals surface area (Å²) in [6.45, 7) is 12.5. The van der Waals surface area contributed by atoms with Gasteiger partial charge in [0.2, 0.25) is 0 Å². The van der Waals surface area contributed by atoms with Crippen molar-refractivity contribution < 1.29 is 0 Å². The van der Waals surface area contributed by atoms with Crippen LogP contribution in [0.4, 0.5) is 0 Å². The summed E-state index contributed by atoms with van der Waals surface area (Å²) in [4.78, 5) is 23.3. The number of nitrogens with one attached hydrogen (secondary N) is 2. The molecule has 0 atom stereocenters. The van der Waals surface area contributed by atoms with Gasteiger partial charge in [-0.15, -0.1) is 0 Å². The number of aromatic amines is 1. The number of H-pyrrole nitrogens is 1. The zero-order valence-electron chi connectivity index (χ0n) is 20.1. The minimum atomic E-state index is -0.301. The van der Waals surface area contributed by atoms with Gasteiger partial charge >= 0.3 is 5.69 Å². The Bertz CT molecular complexity index is 997. The minimum Gasteiger partial charge on any atom is -0.370 e. The van der Waals surface area contributed by atoms with Crippen LogP contribution >= 0.6 is 0 Å². The average Bonchev–Trinajstić information content (AvgIpc) is 3.16. The molecule has 0 saturated carbocycles. The summed E-state index contributed by atoms with van der Waals surface area (Å²) in [6, 6.07) is 9.81. The number of nitrogens with two attached hydrogens (primary N) is 2. The van der Waals surface area contributed by atoms with Crippen LogP contribution in [0, 0.1) is 6.92 Å². The summed E-state index contributed by atoms with van der Waals surface area (Å²) < 4.78 is 1.56. The maximum absolute atomic E-state index is 12.2. The fourth-order valence-electron chi connectivity index (χ4n) is 2.74. The molecule has 0 aliphatic rings. The van der Waals surface area contributed by atoms with Crippen LogP contribution in [0.1, 0.15) is 58.2 Å². The van der Waals surface area contributed by atoms with Gasteiger partial charge in [-0.2, -0.15) is 4.98 Å². The van der Waals surface area contributed by atoms with Crippen LogP contribution in [0.3, 0.4) is 0 Å². The van der Waals surface area contributed by atoms with E-state index in [0.29, 0.717) is 12.2 Å². The van der Waals surface area contributed by atoms with E-state index in [0.717, 1.165) is 41.8 Å². The van der Waals surface area contributed by atoms with Crippen LogP contribution in [0.25, 0.3) is 16.7 Å². The second-order valence-electron chi connectivity index (χ2n) is 7.15. The average molecular weight is 442 g/mol. The Kier molecular flexibility index (Phi) is 12.4. The van der Waals surface area contributed by atoms with Gasteiger partial charge in [0.1, 0.15) is 5.65 Å². The highest BCUT2D eigenvalue weighted by Gasteiger charge is 2.06. The fraction of sp³-hybridized carbons (Fsp3) is 0.458. The molecule has 6 N–H and O–H groups in total. The second kappa shape index (κ2) is 14.8. The summed E-state index contributed by atoms with van der Waals surface area (Å²) in [5.41, 5.74) is 13.8. The van der Waals surface area contributed by atoms with Crippen LogP contribution < -0.4 is 22.5 Å². The van der Waals surface area contributed by atoms with Gasteiger partial charge in [0.15, 0.2) is 5.96 Å². The zero-order chi connectivity index (χ0) is 23.9. The van der Waals surface area contributed by atoms with Crippen molar-refractivity contribution in [3.8, 4) is 5.69 Å². The van der Waals surface area contributed by atoms with Gasteiger partial charge in [-0.3, -0.25) is 9.56 Å². The molecule has 0 saturated heterocycles. The first-order valence-electron chi connectivity index (χ1n) is 11.4. The Hall–Kier alpha value is -3.13. The molecule has 8 nitrogen and oxygen atoms in total. The standard InChI is InChI=1S/C18H23N7O.C4H10.C2H6/c1-12-9-14-11-25(18(26)24-16(14)23-12)15-5-3-13(4-6-15)10-21-7-2-8-22-17(19)20;1-3-4-2;1-2/h3-6,9,11,21H,2,7-8,10H2,1H3,(H4,19,20,22)(H,23,24,26);3-4H2,1-2H3;1-2H3. The first kappa shape index (κ1) is 26.9. The highest BCUT2D eigenvalue weighted by atomic mass is 16.1. The zero-order valence-corrected chi connectivity index (χ0v) is 20.1. The lowest BCUT2D eigenvalue weighted by molar-refractivity contribution is 0.655. The maximum Gasteiger partial charge on any atom is 0.354 e. The van der Waals surface area contributed by atoms with Gasteiger partial charge < -0.3 is 21.8 Å². The summed E-state index contributed by atoms with van der Waals surface area (Å²) in [7, 11) is 0. The van der Waals surface area contributed by atoms with Gasteiger partial charge in [0.25, 0.3) is 0 Å². The highest BCUT2D eigenvalue weighted by molar-refractivity contribution is 5.76. The van der Waals surface area contributed by atoms with Crippen molar-refractivity contribution in [2.24, 2.45) is 16.5 Å². The van der Waals surface area contributed by atoms with E-state index in [4.69, 9.17) is 11.5 Å². The number of hydrogen-bond acceptors (Lipinski definition) is 4. The summed E-state index contributed by atoms with van der Waals surface area (Å²) in [6.07, 6.45) is 5.32. The molecule has 0 amide bonds. The third-order valence-electron chi connectivity index (χ3n) is 4.49. The predicted molar refractivity (Wildman–Crippen MR) is 135 cm³/mol. The Labute approximate surface area is 191 Å². The monoisotopic (exact) mass is 441 g/mol. The molecule has 0 aliphatic heterocycles. The summed E-state index contributed by atoms with van der Waals surface area (Å²) in [5, 5.41) is 4.25. The fourth-order valence-corrected chi connectivity index (χ4v) is 2.74. The number of rotatable bonds is 8. The van der Waals surface area contributed by atoms with Crippen molar-refractivity contribution >= 4 is 17.0 Å². The van der Waals surface area contributed by atoms with Crippen LogP contribution in [0.5, 0.6) is 0 Å². The lowest BCUT2D eigenvalue weighted by atomic mass is 10.2. The lowest BCUT2D eigenvalue weighted by Gasteiger charge is -2.08. The smallest absolute Gasteiger partial charge is 0.354 e. The molecule has 2 heterocycles. The van der Waals surface area contributed by atoms with Crippen LogP contribution in [-0.4, -0.2) is 33.6 Å². The molecule has 2 aromatic heterocycles. The van der Waals surface area contributed by atoms with E-state index in [1.807, 2.05) is 57.3 Å². The Morgan fingerprint density at radius 2 is 1.81 bits per heavy atom. The third-order valence-corrected chi connectivity index (χ3v) is 4.49. The molecule has 0 spiro atoms. The molecule has 0 fully saturated rings. The highest BCUT2D eigenvalue weighted by Crippen LogP contribution is 2.13. The molecule has 0 unspecified atom stereocenters. The molecule has 1 aromatic carbocycles. The predicted octanol–water partition coefficient (Wildman–Crippen LogP) is 3.61. The first-order valence-corrected chi connectivity index (χ1v) is 11.4. The topological polar surface area (TPSA) is 127 Å². The van der Waals surface area contributed by atoms with Crippen molar-refractivity contribution in [1.29, 1.82) is 0 Å². The Morgan fingerprint density at radius 3 is 2.41 bits per heavy atom. The molecule has 3 aromatic rings. The van der Waals surface area contributed by atoms with E-state index in [-0.39, 0.29) is 11.6 Å². The Balaban J connectivity index is 0.000000769. The normalized spacial score (nSPS) is 10.0. The third kappa shape index (κ3) is 8.93. The number of guanidine groups is 1. The van der Waals surface area contributed by atoms with Crippen molar-refractivity contribution in [2.75, 3.05) is 13.1 Å². The summed E-state index contributed by atoms with van der Waals surface area (Å²) in [5.74, 6) is 0.123. The lowest BCUT2D eigenvalue weighted by Crippen LogP contribution is -2.23. The van der Waals surface area contributed by atoms with Gasteiger partial charge in [-0.05, 0) is 43.7 Å². The van der Waals surface area contributed by atoms with Crippen molar-refractivity contribution in [3.63, 3.8) is 0 Å². The van der Waals surface area contributed by atoms with Crippen molar-refractivity contribution in [2.45, 2.75) is 60.4 Å². The summed E-state index contributed by atoms with van der Waals surface area (Å²) >= 11 is 0. The van der Waals surface area contributed by atoms with Gasteiger partial charge in [-0.25, -0.2) is 4.79 Å². The maximum atomic E-state index is 12.2. The van der Waals surface area contributed by atoms with Crippen molar-refractivity contribution in [3.05, 3.63) is 58.3 Å². The minimum absolute atomic E-state index is 0.123. The molecular formula is C24H39N7O. The molecule has 3 rings (SSSR count). The second-order valence-corrected chi connectivity index (χ2v) is 7.15. The Morgan fingerprint density at radius 1 is 1.16 bits per heavy atom. The molecule has 32 heavy (non-hydrogen) atoms. The van der Waals surface area contributed by atoms with Crippen LogP contribution in [-0.2, 0) is 6.54 Å². The van der Waals surface area contributed by atoms with E-state index in [1.54, 1.807) is 4.57 Å². The SMILES string of the molecule is CC.CCCC.Cc1cc2cn(-c3ccc(CNCCCN=C(N)N)cc3)c(=O)nc2[nH]1. The van der Waals surface area contributed by atoms with Gasteiger partial charge in [0, 0.05) is 30.4 Å². The largest absolute Gasteiger partial charge is 0.370 e. The molecule has 0 bridgehead atoms. The molecular weight excluding hydrogens is 402 g/mol. The van der Waals surface area contributed by atoms with E-state index >= 15 is 0 Å². The van der Waals surface area contributed by atoms with Gasteiger partial charge in [-0.1, -0.05) is 52.7 Å². The number of benzene rings is 1. The quantitative estimate of drug-likeness (QED) is 0.241. The molecule has 0 aliphatic carbocycles. The van der Waals surface area contributed by atoms with Crippen LogP contribution in [0.15, 0.2) is 46.3 Å².